The molecule has 31 heavy (non-hydrogen) atoms. The molecule has 2 amide bonds. The summed E-state index contributed by atoms with van der Waals surface area (Å²) in [6, 6.07) is 10.1. The van der Waals surface area contributed by atoms with Gasteiger partial charge in [-0.05, 0) is 38.5 Å². The first-order valence-corrected chi connectivity index (χ1v) is 9.61. The van der Waals surface area contributed by atoms with E-state index in [-0.39, 0.29) is 23.8 Å². The molecular formula is C22H21N3O6. The SMILES string of the molecule is CON(C=O)C1=C(N2Cc3ccccc3C2=O)c2c(ccc([N+](=O)[O-])c2C)OC1(C)C. The van der Waals surface area contributed by atoms with Crippen LogP contribution < -0.4 is 4.74 Å². The van der Waals surface area contributed by atoms with Gasteiger partial charge in [0.05, 0.1) is 29.8 Å². The topological polar surface area (TPSA) is 102 Å². The number of fused-ring (bicyclic) bond motifs is 2. The molecule has 0 aromatic heterocycles. The van der Waals surface area contributed by atoms with Crippen LogP contribution in [0.1, 0.15) is 40.9 Å². The molecule has 4 rings (SSSR count). The van der Waals surface area contributed by atoms with Gasteiger partial charge >= 0.3 is 0 Å². The molecule has 2 heterocycles. The average Bonchev–Trinajstić information content (AvgIpc) is 3.05. The van der Waals surface area contributed by atoms with E-state index in [9.17, 15) is 19.7 Å². The molecule has 0 atom stereocenters. The second-order valence-corrected chi connectivity index (χ2v) is 7.81. The molecule has 0 aliphatic carbocycles. The molecule has 0 spiro atoms. The lowest BCUT2D eigenvalue weighted by Gasteiger charge is -2.41. The minimum Gasteiger partial charge on any atom is -0.481 e. The zero-order valence-corrected chi connectivity index (χ0v) is 17.5. The van der Waals surface area contributed by atoms with Gasteiger partial charge in [0.25, 0.3) is 11.6 Å². The zero-order chi connectivity index (χ0) is 22.5. The molecule has 2 aliphatic rings. The van der Waals surface area contributed by atoms with Crippen LogP contribution in [0.15, 0.2) is 42.1 Å². The van der Waals surface area contributed by atoms with Crippen LogP contribution in [0.25, 0.3) is 5.70 Å². The number of carbonyl (C=O) groups is 2. The first-order chi connectivity index (χ1) is 14.7. The number of benzene rings is 2. The summed E-state index contributed by atoms with van der Waals surface area (Å²) in [7, 11) is 1.32. The number of rotatable bonds is 5. The van der Waals surface area contributed by atoms with Crippen LogP contribution >= 0.6 is 0 Å². The van der Waals surface area contributed by atoms with Gasteiger partial charge in [0.2, 0.25) is 6.41 Å². The third-order valence-electron chi connectivity index (χ3n) is 5.60. The van der Waals surface area contributed by atoms with E-state index in [1.807, 2.05) is 12.1 Å². The average molecular weight is 423 g/mol. The first kappa shape index (κ1) is 20.5. The lowest BCUT2D eigenvalue weighted by Crippen LogP contribution is -2.45. The van der Waals surface area contributed by atoms with Crippen LogP contribution in [-0.4, -0.2) is 39.9 Å². The Morgan fingerprint density at radius 1 is 1.26 bits per heavy atom. The Morgan fingerprint density at radius 2 is 1.97 bits per heavy atom. The molecule has 0 saturated heterocycles. The van der Waals surface area contributed by atoms with Crippen LogP contribution in [0.5, 0.6) is 5.75 Å². The molecule has 0 unspecified atom stereocenters. The van der Waals surface area contributed by atoms with Gasteiger partial charge in [-0.3, -0.25) is 24.5 Å². The Bertz CT molecular complexity index is 1150. The third kappa shape index (κ3) is 3.05. The van der Waals surface area contributed by atoms with Gasteiger partial charge in [-0.1, -0.05) is 18.2 Å². The highest BCUT2D eigenvalue weighted by molar-refractivity contribution is 6.04. The van der Waals surface area contributed by atoms with Crippen LogP contribution in [0.2, 0.25) is 0 Å². The van der Waals surface area contributed by atoms with Gasteiger partial charge in [-0.2, -0.15) is 5.06 Å². The largest absolute Gasteiger partial charge is 0.481 e. The molecule has 0 bridgehead atoms. The van der Waals surface area contributed by atoms with E-state index in [4.69, 9.17) is 9.57 Å². The van der Waals surface area contributed by atoms with E-state index < -0.39 is 10.5 Å². The number of carbonyl (C=O) groups excluding carboxylic acids is 2. The third-order valence-corrected chi connectivity index (χ3v) is 5.60. The summed E-state index contributed by atoms with van der Waals surface area (Å²) in [5.74, 6) is 0.122. The van der Waals surface area contributed by atoms with Gasteiger partial charge in [-0.15, -0.1) is 0 Å². The molecule has 0 radical (unpaired) electrons. The second kappa shape index (κ2) is 7.21. The van der Waals surface area contributed by atoms with Gasteiger partial charge < -0.3 is 9.64 Å². The van der Waals surface area contributed by atoms with Crippen LogP contribution in [-0.2, 0) is 16.2 Å². The van der Waals surface area contributed by atoms with Crippen molar-refractivity contribution in [3.05, 3.63) is 74.5 Å². The Morgan fingerprint density at radius 3 is 2.58 bits per heavy atom. The van der Waals surface area contributed by atoms with Crippen LogP contribution in [0, 0.1) is 17.0 Å². The zero-order valence-electron chi connectivity index (χ0n) is 17.5. The summed E-state index contributed by atoms with van der Waals surface area (Å²) in [6.07, 6.45) is 0.478. The van der Waals surface area contributed by atoms with E-state index in [0.29, 0.717) is 34.5 Å². The maximum absolute atomic E-state index is 13.4. The number of hydrogen-bond acceptors (Lipinski definition) is 6. The number of ether oxygens (including phenoxy) is 1. The number of hydroxylamine groups is 2. The maximum atomic E-state index is 13.4. The summed E-state index contributed by atoms with van der Waals surface area (Å²) in [4.78, 5) is 43.1. The standard InChI is InChI=1S/C22H21N3O6/c1-13-16(25(28)29)9-10-17-18(13)19(20(22(2,3)31-17)24(12-26)30-4)23-11-14-7-5-6-8-15(14)21(23)27/h5-10,12H,11H2,1-4H3. The second-order valence-electron chi connectivity index (χ2n) is 7.81. The van der Waals surface area contributed by atoms with E-state index in [2.05, 4.69) is 0 Å². The number of hydrogen-bond donors (Lipinski definition) is 0. The van der Waals surface area contributed by atoms with E-state index in [1.165, 1.54) is 24.1 Å². The minimum atomic E-state index is -1.07. The van der Waals surface area contributed by atoms with Crippen LogP contribution in [0.3, 0.4) is 0 Å². The molecule has 2 aromatic rings. The van der Waals surface area contributed by atoms with Crippen molar-refractivity contribution in [1.29, 1.82) is 0 Å². The molecule has 9 heteroatoms. The Hall–Kier alpha value is -3.72. The normalized spacial score (nSPS) is 16.5. The smallest absolute Gasteiger partial charge is 0.273 e. The molecule has 0 N–H and O–H groups in total. The fraction of sp³-hybridized carbons (Fsp3) is 0.273. The van der Waals surface area contributed by atoms with Gasteiger partial charge in [-0.25, -0.2) is 0 Å². The Kier molecular flexibility index (Phi) is 4.78. The highest BCUT2D eigenvalue weighted by Gasteiger charge is 2.45. The quantitative estimate of drug-likeness (QED) is 0.415. The summed E-state index contributed by atoms with van der Waals surface area (Å²) in [5.41, 5.74) is 1.52. The van der Waals surface area contributed by atoms with Gasteiger partial charge in [0.15, 0.2) is 0 Å². The number of nitro benzene ring substituents is 1. The van der Waals surface area contributed by atoms with Gasteiger partial charge in [0.1, 0.15) is 17.0 Å². The predicted molar refractivity (Wildman–Crippen MR) is 111 cm³/mol. The van der Waals surface area contributed by atoms with E-state index in [0.717, 1.165) is 10.6 Å². The lowest BCUT2D eigenvalue weighted by atomic mass is 9.90. The first-order valence-electron chi connectivity index (χ1n) is 9.61. The molecule has 2 aliphatic heterocycles. The Balaban J connectivity index is 2.06. The van der Waals surface area contributed by atoms with Crippen molar-refractivity contribution in [2.45, 2.75) is 32.9 Å². The predicted octanol–water partition coefficient (Wildman–Crippen LogP) is 3.42. The number of nitro groups is 1. The molecule has 0 fully saturated rings. The van der Waals surface area contributed by atoms with Gasteiger partial charge in [0, 0.05) is 17.2 Å². The summed E-state index contributed by atoms with van der Waals surface area (Å²) >= 11 is 0. The van der Waals surface area contributed by atoms with Crippen molar-refractivity contribution in [3.8, 4) is 5.75 Å². The Labute approximate surface area is 178 Å². The number of amides is 2. The summed E-state index contributed by atoms with van der Waals surface area (Å²) < 4.78 is 6.14. The van der Waals surface area contributed by atoms with Crippen LogP contribution in [0.4, 0.5) is 5.69 Å². The maximum Gasteiger partial charge on any atom is 0.273 e. The fourth-order valence-electron chi connectivity index (χ4n) is 4.23. The molecule has 0 saturated carbocycles. The molecule has 160 valence electrons. The lowest BCUT2D eigenvalue weighted by molar-refractivity contribution is -0.385. The van der Waals surface area contributed by atoms with Crippen molar-refractivity contribution in [1.82, 2.24) is 9.96 Å². The summed E-state index contributed by atoms with van der Waals surface area (Å²) in [5, 5.41) is 12.6. The van der Waals surface area contributed by atoms with Crippen molar-refractivity contribution >= 4 is 23.7 Å². The number of nitrogens with zero attached hydrogens (tertiary/aromatic N) is 3. The molecule has 9 nitrogen and oxygen atoms in total. The van der Waals surface area contributed by atoms with Crippen molar-refractivity contribution < 1.29 is 24.1 Å². The van der Waals surface area contributed by atoms with Crippen molar-refractivity contribution in [3.63, 3.8) is 0 Å². The minimum absolute atomic E-state index is 0.113. The van der Waals surface area contributed by atoms with E-state index >= 15 is 0 Å². The van der Waals surface area contributed by atoms with Crippen molar-refractivity contribution in [2.24, 2.45) is 0 Å². The van der Waals surface area contributed by atoms with Crippen molar-refractivity contribution in [2.75, 3.05) is 7.11 Å². The summed E-state index contributed by atoms with van der Waals surface area (Å²) in [6.45, 7) is 5.33. The molecule has 2 aromatic carbocycles. The highest BCUT2D eigenvalue weighted by Crippen LogP contribution is 2.48. The highest BCUT2D eigenvalue weighted by atomic mass is 16.7. The molecular weight excluding hydrogens is 402 g/mol. The fourth-order valence-corrected chi connectivity index (χ4v) is 4.23. The monoisotopic (exact) mass is 423 g/mol. The van der Waals surface area contributed by atoms with E-state index in [1.54, 1.807) is 32.9 Å².